The Morgan fingerprint density at radius 3 is 2.50 bits per heavy atom. The number of rotatable bonds is 1. The van der Waals surface area contributed by atoms with Gasteiger partial charge in [0.25, 0.3) is 0 Å². The average Bonchev–Trinajstić information content (AvgIpc) is 2.03. The summed E-state index contributed by atoms with van der Waals surface area (Å²) in [7, 11) is 1.56. The van der Waals surface area contributed by atoms with Crippen LogP contribution in [0.2, 0.25) is 0 Å². The molecule has 5 heteroatoms. The molecule has 1 aromatic heterocycles. The Kier molecular flexibility index (Phi) is 2.21. The lowest BCUT2D eigenvalue weighted by Gasteiger charge is -2.05. The van der Waals surface area contributed by atoms with Crippen LogP contribution in [0.5, 0.6) is 0 Å². The third kappa shape index (κ3) is 1.87. The van der Waals surface area contributed by atoms with E-state index >= 15 is 0 Å². The molecule has 0 atom stereocenters. The van der Waals surface area contributed by atoms with Crippen LogP contribution in [-0.4, -0.2) is 12.0 Å². The van der Waals surface area contributed by atoms with Gasteiger partial charge < -0.3 is 5.32 Å². The minimum atomic E-state index is -4.34. The van der Waals surface area contributed by atoms with E-state index in [2.05, 4.69) is 16.4 Å². The van der Waals surface area contributed by atoms with Crippen molar-refractivity contribution in [2.75, 3.05) is 12.4 Å². The Labute approximate surface area is 67.4 Å². The van der Waals surface area contributed by atoms with Gasteiger partial charge >= 0.3 is 6.18 Å². The molecule has 12 heavy (non-hydrogen) atoms. The number of hydrogen-bond acceptors (Lipinski definition) is 2. The standard InChI is InChI=1S/C7H6F3N2/c1-11-6-3-2-5(4-12-6)7(8,9)10/h2,4H,1H3,(H,11,12). The Bertz CT molecular complexity index is 252. The molecule has 0 aliphatic rings. The molecule has 0 aliphatic carbocycles. The summed E-state index contributed by atoms with van der Waals surface area (Å²) < 4.78 is 35.8. The largest absolute Gasteiger partial charge is 0.417 e. The molecule has 0 unspecified atom stereocenters. The van der Waals surface area contributed by atoms with Gasteiger partial charge in [0.2, 0.25) is 0 Å². The van der Waals surface area contributed by atoms with Gasteiger partial charge in [0.15, 0.2) is 0 Å². The molecule has 0 spiro atoms. The van der Waals surface area contributed by atoms with Gasteiger partial charge in [0, 0.05) is 19.3 Å². The average molecular weight is 175 g/mol. The SMILES string of the molecule is CNc1[c]cc(C(F)(F)F)cn1. The summed E-state index contributed by atoms with van der Waals surface area (Å²) in [6, 6.07) is 3.21. The van der Waals surface area contributed by atoms with Crippen LogP contribution >= 0.6 is 0 Å². The normalized spacial score (nSPS) is 11.3. The molecule has 1 radical (unpaired) electrons. The van der Waals surface area contributed by atoms with Crippen LogP contribution in [0, 0.1) is 6.07 Å². The monoisotopic (exact) mass is 175 g/mol. The molecule has 1 heterocycles. The zero-order chi connectivity index (χ0) is 9.19. The number of hydrogen-bond donors (Lipinski definition) is 1. The molecular formula is C7H6F3N2. The summed E-state index contributed by atoms with van der Waals surface area (Å²) in [5, 5.41) is 2.57. The number of halogens is 3. The maximum absolute atomic E-state index is 11.9. The molecule has 0 aliphatic heterocycles. The molecule has 2 nitrogen and oxygen atoms in total. The summed E-state index contributed by atoms with van der Waals surface area (Å²) in [5.74, 6) is 0.294. The first-order valence-electron chi connectivity index (χ1n) is 3.16. The lowest BCUT2D eigenvalue weighted by molar-refractivity contribution is -0.137. The molecule has 1 aromatic rings. The van der Waals surface area contributed by atoms with Gasteiger partial charge in [-0.05, 0) is 6.07 Å². The molecular weight excluding hydrogens is 169 g/mol. The number of alkyl halides is 3. The smallest absolute Gasteiger partial charge is 0.373 e. The van der Waals surface area contributed by atoms with Gasteiger partial charge in [-0.25, -0.2) is 4.98 Å². The van der Waals surface area contributed by atoms with Crippen LogP contribution in [-0.2, 0) is 6.18 Å². The molecule has 0 fully saturated rings. The minimum Gasteiger partial charge on any atom is -0.373 e. The Morgan fingerprint density at radius 2 is 2.17 bits per heavy atom. The lowest BCUT2D eigenvalue weighted by Crippen LogP contribution is -2.05. The number of pyridine rings is 1. The van der Waals surface area contributed by atoms with E-state index in [1.165, 1.54) is 0 Å². The number of anilines is 1. The first-order valence-corrected chi connectivity index (χ1v) is 3.16. The maximum Gasteiger partial charge on any atom is 0.417 e. The second-order valence-electron chi connectivity index (χ2n) is 2.10. The van der Waals surface area contributed by atoms with E-state index in [4.69, 9.17) is 0 Å². The Hall–Kier alpha value is -1.26. The summed E-state index contributed by atoms with van der Waals surface area (Å²) >= 11 is 0. The van der Waals surface area contributed by atoms with Crippen molar-refractivity contribution in [2.24, 2.45) is 0 Å². The Balaban J connectivity index is 2.93. The summed E-state index contributed by atoms with van der Waals surface area (Å²) in [5.41, 5.74) is -0.790. The van der Waals surface area contributed by atoms with Crippen LogP contribution in [0.4, 0.5) is 19.0 Å². The third-order valence-electron chi connectivity index (χ3n) is 1.26. The van der Waals surface area contributed by atoms with Gasteiger partial charge in [-0.2, -0.15) is 13.2 Å². The molecule has 1 rings (SSSR count). The summed E-state index contributed by atoms with van der Waals surface area (Å²) in [6.07, 6.45) is -3.57. The minimum absolute atomic E-state index is 0.294. The lowest BCUT2D eigenvalue weighted by atomic mass is 10.3. The number of nitrogens with zero attached hydrogens (tertiary/aromatic N) is 1. The molecule has 65 valence electrons. The quantitative estimate of drug-likeness (QED) is 0.705. The molecule has 0 amide bonds. The van der Waals surface area contributed by atoms with E-state index in [1.54, 1.807) is 7.05 Å². The highest BCUT2D eigenvalue weighted by atomic mass is 19.4. The second-order valence-corrected chi connectivity index (χ2v) is 2.10. The number of aromatic nitrogens is 1. The highest BCUT2D eigenvalue weighted by Crippen LogP contribution is 2.28. The maximum atomic E-state index is 11.9. The van der Waals surface area contributed by atoms with Crippen molar-refractivity contribution in [1.29, 1.82) is 0 Å². The molecule has 0 saturated carbocycles. The molecule has 1 N–H and O–H groups in total. The highest BCUT2D eigenvalue weighted by Gasteiger charge is 2.30. The van der Waals surface area contributed by atoms with E-state index in [0.29, 0.717) is 5.82 Å². The summed E-state index contributed by atoms with van der Waals surface area (Å²) in [4.78, 5) is 3.48. The van der Waals surface area contributed by atoms with Crippen LogP contribution in [0.25, 0.3) is 0 Å². The topological polar surface area (TPSA) is 24.9 Å². The van der Waals surface area contributed by atoms with Crippen molar-refractivity contribution in [1.82, 2.24) is 4.98 Å². The van der Waals surface area contributed by atoms with Gasteiger partial charge in [0.1, 0.15) is 5.82 Å². The molecule has 0 bridgehead atoms. The third-order valence-corrected chi connectivity index (χ3v) is 1.26. The van der Waals surface area contributed by atoms with E-state index in [9.17, 15) is 13.2 Å². The zero-order valence-corrected chi connectivity index (χ0v) is 6.24. The fraction of sp³-hybridized carbons (Fsp3) is 0.286. The first kappa shape index (κ1) is 8.83. The predicted molar refractivity (Wildman–Crippen MR) is 37.6 cm³/mol. The van der Waals surface area contributed by atoms with Crippen molar-refractivity contribution in [3.63, 3.8) is 0 Å². The molecule has 0 saturated heterocycles. The fourth-order valence-corrected chi connectivity index (χ4v) is 0.646. The van der Waals surface area contributed by atoms with Gasteiger partial charge in [-0.15, -0.1) is 0 Å². The van der Waals surface area contributed by atoms with Crippen LogP contribution in [0.1, 0.15) is 5.56 Å². The second kappa shape index (κ2) is 3.00. The Morgan fingerprint density at radius 1 is 1.50 bits per heavy atom. The van der Waals surface area contributed by atoms with Gasteiger partial charge in [-0.3, -0.25) is 0 Å². The van der Waals surface area contributed by atoms with E-state index < -0.39 is 11.7 Å². The highest BCUT2D eigenvalue weighted by molar-refractivity contribution is 5.33. The number of nitrogens with one attached hydrogen (secondary N) is 1. The van der Waals surface area contributed by atoms with Crippen molar-refractivity contribution < 1.29 is 13.2 Å². The molecule has 0 aromatic carbocycles. The fourth-order valence-electron chi connectivity index (χ4n) is 0.646. The van der Waals surface area contributed by atoms with E-state index in [-0.39, 0.29) is 0 Å². The van der Waals surface area contributed by atoms with Crippen molar-refractivity contribution in [3.8, 4) is 0 Å². The van der Waals surface area contributed by atoms with Crippen LogP contribution in [0.3, 0.4) is 0 Å². The van der Waals surface area contributed by atoms with Crippen molar-refractivity contribution in [3.05, 3.63) is 23.9 Å². The van der Waals surface area contributed by atoms with Crippen molar-refractivity contribution >= 4 is 5.82 Å². The first-order chi connectivity index (χ1) is 5.54. The van der Waals surface area contributed by atoms with Gasteiger partial charge in [0.05, 0.1) is 5.56 Å². The van der Waals surface area contributed by atoms with Crippen molar-refractivity contribution in [2.45, 2.75) is 6.18 Å². The predicted octanol–water partition coefficient (Wildman–Crippen LogP) is 1.94. The van der Waals surface area contributed by atoms with Crippen LogP contribution in [0.15, 0.2) is 12.3 Å². The van der Waals surface area contributed by atoms with Gasteiger partial charge in [-0.1, -0.05) is 0 Å². The zero-order valence-electron chi connectivity index (χ0n) is 6.24. The summed E-state index contributed by atoms with van der Waals surface area (Å²) in [6.45, 7) is 0. The van der Waals surface area contributed by atoms with E-state index in [0.717, 1.165) is 12.3 Å². The van der Waals surface area contributed by atoms with E-state index in [1.807, 2.05) is 0 Å². The van der Waals surface area contributed by atoms with Crippen LogP contribution < -0.4 is 5.32 Å².